The number of ether oxygens (including phenoxy) is 1. The Labute approximate surface area is 194 Å². The molecule has 168 valence electrons. The Morgan fingerprint density at radius 2 is 1.94 bits per heavy atom. The van der Waals surface area contributed by atoms with E-state index in [1.165, 1.54) is 0 Å². The summed E-state index contributed by atoms with van der Waals surface area (Å²) >= 11 is 6.26. The zero-order valence-corrected chi connectivity index (χ0v) is 19.7. The van der Waals surface area contributed by atoms with E-state index in [1.54, 1.807) is 4.68 Å². The highest BCUT2D eigenvalue weighted by molar-refractivity contribution is 6.30. The number of hydrogen-bond acceptors (Lipinski definition) is 3. The zero-order valence-electron chi connectivity index (χ0n) is 18.9. The summed E-state index contributed by atoms with van der Waals surface area (Å²) < 4.78 is 8.14. The minimum Gasteiger partial charge on any atom is -0.439 e. The second-order valence-electron chi connectivity index (χ2n) is 8.92. The molecule has 3 aromatic rings. The third kappa shape index (κ3) is 4.99. The number of carbonyl (C=O) groups excluding carboxylic acids is 1. The van der Waals surface area contributed by atoms with E-state index in [2.05, 4.69) is 13.8 Å². The van der Waals surface area contributed by atoms with E-state index in [0.717, 1.165) is 42.0 Å². The molecule has 0 aliphatic heterocycles. The number of benzene rings is 2. The number of halogens is 1. The summed E-state index contributed by atoms with van der Waals surface area (Å²) in [5.41, 5.74) is 2.58. The molecule has 6 heteroatoms. The fourth-order valence-electron chi connectivity index (χ4n) is 3.99. The molecule has 4 rings (SSSR count). The molecule has 1 aliphatic carbocycles. The number of rotatable bonds is 8. The fraction of sp³-hybridized carbons (Fsp3) is 0.385. The van der Waals surface area contributed by atoms with Gasteiger partial charge in [-0.15, -0.1) is 0 Å². The summed E-state index contributed by atoms with van der Waals surface area (Å²) in [6.45, 7) is 7.44. The van der Waals surface area contributed by atoms with E-state index in [-0.39, 0.29) is 11.8 Å². The van der Waals surface area contributed by atoms with Gasteiger partial charge in [0.1, 0.15) is 5.75 Å². The van der Waals surface area contributed by atoms with Gasteiger partial charge in [-0.25, -0.2) is 4.68 Å². The van der Waals surface area contributed by atoms with Crippen LogP contribution in [0.25, 0.3) is 5.69 Å². The highest BCUT2D eigenvalue weighted by atomic mass is 35.5. The van der Waals surface area contributed by atoms with Crippen LogP contribution in [0.1, 0.15) is 44.4 Å². The maximum Gasteiger partial charge on any atom is 0.227 e. The Morgan fingerprint density at radius 1 is 1.19 bits per heavy atom. The van der Waals surface area contributed by atoms with E-state index in [1.807, 2.05) is 66.4 Å². The van der Waals surface area contributed by atoms with Crippen LogP contribution >= 0.6 is 11.6 Å². The predicted octanol–water partition coefficient (Wildman–Crippen LogP) is 6.41. The Kier molecular flexibility index (Phi) is 6.85. The standard InChI is InChI=1S/C26H30ClN3O2/c1-18(2)16-29(25(31)20-9-7-10-20)17-24-19(3)28-30(22-12-8-11-21(27)15-22)26(24)32-23-13-5-4-6-14-23/h4-6,8,11-15,18,20H,7,9-10,16-17H2,1-3H3. The lowest BCUT2D eigenvalue weighted by molar-refractivity contribution is -0.139. The van der Waals surface area contributed by atoms with Gasteiger partial charge >= 0.3 is 0 Å². The molecular weight excluding hydrogens is 422 g/mol. The van der Waals surface area contributed by atoms with Crippen LogP contribution in [0.4, 0.5) is 0 Å². The zero-order chi connectivity index (χ0) is 22.7. The molecule has 0 spiro atoms. The molecule has 0 saturated heterocycles. The van der Waals surface area contributed by atoms with Gasteiger partial charge in [-0.3, -0.25) is 4.79 Å². The molecule has 1 saturated carbocycles. The molecule has 1 heterocycles. The van der Waals surface area contributed by atoms with E-state index in [0.29, 0.717) is 29.9 Å². The predicted molar refractivity (Wildman–Crippen MR) is 127 cm³/mol. The second kappa shape index (κ2) is 9.78. The van der Waals surface area contributed by atoms with Crippen molar-refractivity contribution in [3.8, 4) is 17.3 Å². The van der Waals surface area contributed by atoms with E-state index in [4.69, 9.17) is 21.4 Å². The van der Waals surface area contributed by atoms with E-state index in [9.17, 15) is 4.79 Å². The first-order valence-electron chi connectivity index (χ1n) is 11.3. The minimum absolute atomic E-state index is 0.149. The van der Waals surface area contributed by atoms with Crippen LogP contribution < -0.4 is 4.74 Å². The molecule has 0 N–H and O–H groups in total. The van der Waals surface area contributed by atoms with Crippen LogP contribution in [0, 0.1) is 18.8 Å². The van der Waals surface area contributed by atoms with Gasteiger partial charge in [-0.1, -0.05) is 56.1 Å². The van der Waals surface area contributed by atoms with E-state index < -0.39 is 0 Å². The largest absolute Gasteiger partial charge is 0.439 e. The summed E-state index contributed by atoms with van der Waals surface area (Å²) in [7, 11) is 0. The average molecular weight is 452 g/mol. The molecule has 0 radical (unpaired) electrons. The third-order valence-corrected chi connectivity index (χ3v) is 6.08. The Bertz CT molecular complexity index is 1070. The normalized spacial score (nSPS) is 13.8. The summed E-state index contributed by atoms with van der Waals surface area (Å²) in [5, 5.41) is 5.41. The number of amides is 1. The topological polar surface area (TPSA) is 47.4 Å². The second-order valence-corrected chi connectivity index (χ2v) is 9.35. The van der Waals surface area contributed by atoms with Crippen LogP contribution in [0.5, 0.6) is 11.6 Å². The van der Waals surface area contributed by atoms with Crippen LogP contribution in [0.15, 0.2) is 54.6 Å². The first-order valence-corrected chi connectivity index (χ1v) is 11.7. The van der Waals surface area contributed by atoms with Crippen LogP contribution in [-0.4, -0.2) is 27.1 Å². The Morgan fingerprint density at radius 3 is 2.56 bits per heavy atom. The van der Waals surface area contributed by atoms with Crippen molar-refractivity contribution in [2.75, 3.05) is 6.54 Å². The molecule has 1 amide bonds. The number of nitrogens with zero attached hydrogens (tertiary/aromatic N) is 3. The molecule has 32 heavy (non-hydrogen) atoms. The highest BCUT2D eigenvalue weighted by Gasteiger charge is 2.31. The summed E-state index contributed by atoms with van der Waals surface area (Å²) in [6, 6.07) is 17.2. The van der Waals surface area contributed by atoms with Crippen molar-refractivity contribution >= 4 is 17.5 Å². The van der Waals surface area contributed by atoms with Gasteiger partial charge in [0.05, 0.1) is 23.5 Å². The van der Waals surface area contributed by atoms with Crippen molar-refractivity contribution in [1.82, 2.24) is 14.7 Å². The van der Waals surface area contributed by atoms with Crippen LogP contribution in [0.2, 0.25) is 5.02 Å². The van der Waals surface area contributed by atoms with E-state index >= 15 is 0 Å². The number of aryl methyl sites for hydroxylation is 1. The smallest absolute Gasteiger partial charge is 0.227 e. The van der Waals surface area contributed by atoms with Gasteiger partial charge in [0.2, 0.25) is 11.8 Å². The lowest BCUT2D eigenvalue weighted by Crippen LogP contribution is -2.40. The molecule has 5 nitrogen and oxygen atoms in total. The first kappa shape index (κ1) is 22.4. The molecule has 1 fully saturated rings. The van der Waals surface area contributed by atoms with Crippen molar-refractivity contribution < 1.29 is 9.53 Å². The maximum absolute atomic E-state index is 13.2. The van der Waals surface area contributed by atoms with Gasteiger partial charge in [-0.05, 0) is 56.0 Å². The van der Waals surface area contributed by atoms with Gasteiger partial charge < -0.3 is 9.64 Å². The van der Waals surface area contributed by atoms with Crippen LogP contribution in [-0.2, 0) is 11.3 Å². The summed E-state index contributed by atoms with van der Waals surface area (Å²) in [4.78, 5) is 15.2. The van der Waals surface area contributed by atoms with Crippen molar-refractivity contribution in [3.63, 3.8) is 0 Å². The molecule has 0 unspecified atom stereocenters. The number of hydrogen-bond donors (Lipinski definition) is 0. The SMILES string of the molecule is Cc1nn(-c2cccc(Cl)c2)c(Oc2ccccc2)c1CN(CC(C)C)C(=O)C1CCC1. The van der Waals surface area contributed by atoms with Crippen LogP contribution in [0.3, 0.4) is 0 Å². The quantitative estimate of drug-likeness (QED) is 0.397. The van der Waals surface area contributed by atoms with Crippen molar-refractivity contribution in [2.45, 2.75) is 46.6 Å². The van der Waals surface area contributed by atoms with Gasteiger partial charge in [0, 0.05) is 17.5 Å². The Hall–Kier alpha value is -2.79. The number of aromatic nitrogens is 2. The molecule has 1 aromatic heterocycles. The molecule has 0 bridgehead atoms. The molecule has 2 aromatic carbocycles. The van der Waals surface area contributed by atoms with Gasteiger partial charge in [0.15, 0.2) is 0 Å². The third-order valence-electron chi connectivity index (χ3n) is 5.85. The first-order chi connectivity index (χ1) is 15.4. The van der Waals surface area contributed by atoms with Crippen molar-refractivity contribution in [3.05, 3.63) is 70.9 Å². The average Bonchev–Trinajstić information content (AvgIpc) is 3.02. The molecular formula is C26H30ClN3O2. The highest BCUT2D eigenvalue weighted by Crippen LogP contribution is 2.34. The monoisotopic (exact) mass is 451 g/mol. The van der Waals surface area contributed by atoms with Gasteiger partial charge in [-0.2, -0.15) is 5.10 Å². The summed E-state index contributed by atoms with van der Waals surface area (Å²) in [5.74, 6) is 2.10. The fourth-order valence-corrected chi connectivity index (χ4v) is 4.17. The Balaban J connectivity index is 1.74. The lowest BCUT2D eigenvalue weighted by Gasteiger charge is -2.32. The van der Waals surface area contributed by atoms with Gasteiger partial charge in [0.25, 0.3) is 0 Å². The van der Waals surface area contributed by atoms with Crippen molar-refractivity contribution in [2.24, 2.45) is 11.8 Å². The number of para-hydroxylation sites is 1. The lowest BCUT2D eigenvalue weighted by atomic mass is 9.84. The maximum atomic E-state index is 13.2. The molecule has 0 atom stereocenters. The van der Waals surface area contributed by atoms with Crippen molar-refractivity contribution in [1.29, 1.82) is 0 Å². The summed E-state index contributed by atoms with van der Waals surface area (Å²) in [6.07, 6.45) is 3.11. The molecule has 1 aliphatic rings. The number of carbonyl (C=O) groups is 1. The minimum atomic E-state index is 0.149.